The van der Waals surface area contributed by atoms with Gasteiger partial charge >= 0.3 is 0 Å². The minimum absolute atomic E-state index is 0.179. The van der Waals surface area contributed by atoms with Crippen LogP contribution in [0.2, 0.25) is 5.02 Å². The van der Waals surface area contributed by atoms with Crippen LogP contribution >= 0.6 is 11.6 Å². The Morgan fingerprint density at radius 3 is 2.13 bits per heavy atom. The van der Waals surface area contributed by atoms with E-state index in [1.54, 1.807) is 37.3 Å². The fraction of sp³-hybridized carbons (Fsp3) is 0.250. The molecule has 2 aromatic rings. The van der Waals surface area contributed by atoms with Crippen LogP contribution in [0.5, 0.6) is 11.5 Å². The lowest BCUT2D eigenvalue weighted by Crippen LogP contribution is -2.30. The number of hydrogen-bond donors (Lipinski definition) is 0. The highest BCUT2D eigenvalue weighted by molar-refractivity contribution is 7.92. The third kappa shape index (κ3) is 3.54. The summed E-state index contributed by atoms with van der Waals surface area (Å²) < 4.78 is 37.4. The highest BCUT2D eigenvalue weighted by Crippen LogP contribution is 2.33. The molecule has 0 atom stereocenters. The van der Waals surface area contributed by atoms with Gasteiger partial charge in [0.25, 0.3) is 10.0 Å². The lowest BCUT2D eigenvalue weighted by molar-refractivity contribution is 0.355. The molecule has 0 saturated carbocycles. The van der Waals surface area contributed by atoms with Gasteiger partial charge in [0.2, 0.25) is 0 Å². The van der Waals surface area contributed by atoms with Crippen molar-refractivity contribution >= 4 is 27.3 Å². The lowest BCUT2D eigenvalue weighted by atomic mass is 10.2. The molecule has 0 heterocycles. The van der Waals surface area contributed by atoms with E-state index >= 15 is 0 Å². The first-order chi connectivity index (χ1) is 10.9. The Hall–Kier alpha value is -1.92. The van der Waals surface area contributed by atoms with Crippen molar-refractivity contribution in [3.63, 3.8) is 0 Å². The van der Waals surface area contributed by atoms with Gasteiger partial charge in [-0.3, -0.25) is 4.31 Å². The predicted octanol–water partition coefficient (Wildman–Crippen LogP) is 3.57. The molecule has 0 fully saturated rings. The van der Waals surface area contributed by atoms with Crippen molar-refractivity contribution < 1.29 is 17.9 Å². The Labute approximate surface area is 141 Å². The Balaban J connectivity index is 2.48. The SMILES string of the molecule is CCN(c1ccc(OC)c(OC)c1)S(=O)(=O)c1ccc(Cl)cc1. The fourth-order valence-electron chi connectivity index (χ4n) is 2.21. The lowest BCUT2D eigenvalue weighted by Gasteiger charge is -2.23. The van der Waals surface area contributed by atoms with Gasteiger partial charge in [-0.15, -0.1) is 0 Å². The summed E-state index contributed by atoms with van der Waals surface area (Å²) in [6.45, 7) is 2.05. The van der Waals surface area contributed by atoms with Crippen molar-refractivity contribution in [2.24, 2.45) is 0 Å². The summed E-state index contributed by atoms with van der Waals surface area (Å²) in [6.07, 6.45) is 0. The van der Waals surface area contributed by atoms with Crippen LogP contribution in [-0.4, -0.2) is 29.2 Å². The maximum atomic E-state index is 12.8. The second-order valence-corrected chi connectivity index (χ2v) is 6.96. The van der Waals surface area contributed by atoms with E-state index in [2.05, 4.69) is 0 Å². The van der Waals surface area contributed by atoms with Crippen molar-refractivity contribution in [2.75, 3.05) is 25.1 Å². The van der Waals surface area contributed by atoms with Crippen molar-refractivity contribution in [3.8, 4) is 11.5 Å². The standard InChI is InChI=1S/C16H18ClNO4S/c1-4-18(13-7-10-15(21-2)16(11-13)22-3)23(19,20)14-8-5-12(17)6-9-14/h5-11H,4H2,1-3H3. The summed E-state index contributed by atoms with van der Waals surface area (Å²) in [7, 11) is -0.654. The summed E-state index contributed by atoms with van der Waals surface area (Å²) >= 11 is 5.83. The van der Waals surface area contributed by atoms with Gasteiger partial charge in [-0.05, 0) is 43.3 Å². The highest BCUT2D eigenvalue weighted by Gasteiger charge is 2.24. The highest BCUT2D eigenvalue weighted by atomic mass is 35.5. The van der Waals surface area contributed by atoms with Crippen LogP contribution in [0.15, 0.2) is 47.4 Å². The largest absolute Gasteiger partial charge is 0.493 e. The summed E-state index contributed by atoms with van der Waals surface area (Å²) in [5.74, 6) is 1.01. The van der Waals surface area contributed by atoms with E-state index in [9.17, 15) is 8.42 Å². The molecule has 0 aliphatic carbocycles. The summed E-state index contributed by atoms with van der Waals surface area (Å²) in [5.41, 5.74) is 0.500. The molecule has 0 aliphatic heterocycles. The Morgan fingerprint density at radius 1 is 1.00 bits per heavy atom. The topological polar surface area (TPSA) is 55.8 Å². The van der Waals surface area contributed by atoms with E-state index in [0.29, 0.717) is 22.2 Å². The van der Waals surface area contributed by atoms with Gasteiger partial charge in [0.15, 0.2) is 11.5 Å². The second-order valence-electron chi connectivity index (χ2n) is 4.66. The predicted molar refractivity (Wildman–Crippen MR) is 91.2 cm³/mol. The molecular formula is C16H18ClNO4S. The average molecular weight is 356 g/mol. The number of ether oxygens (including phenoxy) is 2. The van der Waals surface area contributed by atoms with Crippen LogP contribution in [0.25, 0.3) is 0 Å². The van der Waals surface area contributed by atoms with Crippen LogP contribution in [0.3, 0.4) is 0 Å². The second kappa shape index (κ2) is 7.10. The molecule has 2 rings (SSSR count). The molecule has 7 heteroatoms. The first kappa shape index (κ1) is 17.4. The molecule has 124 valence electrons. The molecular weight excluding hydrogens is 338 g/mol. The Morgan fingerprint density at radius 2 is 1.61 bits per heavy atom. The summed E-state index contributed by atoms with van der Waals surface area (Å²) in [5, 5.41) is 0.484. The van der Waals surface area contributed by atoms with Gasteiger partial charge in [-0.1, -0.05) is 11.6 Å². The van der Waals surface area contributed by atoms with E-state index in [1.165, 1.54) is 30.7 Å². The number of methoxy groups -OCH3 is 2. The van der Waals surface area contributed by atoms with Crippen LogP contribution in [-0.2, 0) is 10.0 Å². The van der Waals surface area contributed by atoms with E-state index in [-0.39, 0.29) is 11.4 Å². The number of nitrogens with zero attached hydrogens (tertiary/aromatic N) is 1. The number of anilines is 1. The molecule has 0 unspecified atom stereocenters. The normalized spacial score (nSPS) is 11.1. The molecule has 5 nitrogen and oxygen atoms in total. The number of rotatable bonds is 6. The quantitative estimate of drug-likeness (QED) is 0.794. The molecule has 0 aliphatic rings. The molecule has 0 spiro atoms. The zero-order valence-electron chi connectivity index (χ0n) is 13.1. The van der Waals surface area contributed by atoms with E-state index < -0.39 is 10.0 Å². The van der Waals surface area contributed by atoms with Gasteiger partial charge in [-0.25, -0.2) is 8.42 Å². The summed E-state index contributed by atoms with van der Waals surface area (Å²) in [6, 6.07) is 11.1. The minimum Gasteiger partial charge on any atom is -0.493 e. The Kier molecular flexibility index (Phi) is 5.38. The van der Waals surface area contributed by atoms with Crippen LogP contribution < -0.4 is 13.8 Å². The van der Waals surface area contributed by atoms with Crippen molar-refractivity contribution in [3.05, 3.63) is 47.5 Å². The maximum absolute atomic E-state index is 12.8. The molecule has 0 bridgehead atoms. The van der Waals surface area contributed by atoms with Crippen LogP contribution in [0.1, 0.15) is 6.92 Å². The van der Waals surface area contributed by atoms with Gasteiger partial charge < -0.3 is 9.47 Å². The molecule has 0 amide bonds. The molecule has 2 aromatic carbocycles. The van der Waals surface area contributed by atoms with Crippen LogP contribution in [0, 0.1) is 0 Å². The number of halogens is 1. The zero-order valence-corrected chi connectivity index (χ0v) is 14.7. The smallest absolute Gasteiger partial charge is 0.264 e. The van der Waals surface area contributed by atoms with Crippen molar-refractivity contribution in [2.45, 2.75) is 11.8 Å². The molecule has 0 radical (unpaired) electrons. The third-order valence-electron chi connectivity index (χ3n) is 3.34. The number of hydrogen-bond acceptors (Lipinski definition) is 4. The van der Waals surface area contributed by atoms with Crippen molar-refractivity contribution in [1.29, 1.82) is 0 Å². The van der Waals surface area contributed by atoms with E-state index in [0.717, 1.165) is 0 Å². The molecule has 0 aromatic heterocycles. The summed E-state index contributed by atoms with van der Waals surface area (Å²) in [4.78, 5) is 0.179. The molecule has 0 N–H and O–H groups in total. The first-order valence-corrected chi connectivity index (χ1v) is 8.76. The minimum atomic E-state index is -3.69. The van der Waals surface area contributed by atoms with Gasteiger partial charge in [0.05, 0.1) is 24.8 Å². The molecule has 0 saturated heterocycles. The average Bonchev–Trinajstić information content (AvgIpc) is 2.55. The van der Waals surface area contributed by atoms with Gasteiger partial charge in [-0.2, -0.15) is 0 Å². The van der Waals surface area contributed by atoms with Gasteiger partial charge in [0.1, 0.15) is 0 Å². The zero-order chi connectivity index (χ0) is 17.0. The third-order valence-corrected chi connectivity index (χ3v) is 5.51. The van der Waals surface area contributed by atoms with Crippen LogP contribution in [0.4, 0.5) is 5.69 Å². The van der Waals surface area contributed by atoms with E-state index in [1.807, 2.05) is 0 Å². The number of benzene rings is 2. The first-order valence-electron chi connectivity index (χ1n) is 6.94. The fourth-order valence-corrected chi connectivity index (χ4v) is 3.80. The number of sulfonamides is 1. The Bertz CT molecular complexity index is 775. The molecule has 23 heavy (non-hydrogen) atoms. The monoisotopic (exact) mass is 355 g/mol. The maximum Gasteiger partial charge on any atom is 0.264 e. The van der Waals surface area contributed by atoms with E-state index in [4.69, 9.17) is 21.1 Å². The van der Waals surface area contributed by atoms with Gasteiger partial charge in [0, 0.05) is 17.6 Å². The van der Waals surface area contributed by atoms with Crippen molar-refractivity contribution in [1.82, 2.24) is 0 Å².